The number of aromatic nitrogens is 20. The van der Waals surface area contributed by atoms with Crippen LogP contribution in [0, 0.1) is 10.7 Å². The van der Waals surface area contributed by atoms with E-state index < -0.39 is 0 Å². The minimum atomic E-state index is -0.212. The third kappa shape index (κ3) is 19.1. The summed E-state index contributed by atoms with van der Waals surface area (Å²) in [7, 11) is 7.51. The number of fused-ring (bicyclic) bond motifs is 4. The number of nitrogens with zero attached hydrogens (tertiary/aromatic N) is 20. The van der Waals surface area contributed by atoms with Crippen molar-refractivity contribution in [2.45, 2.75) is 127 Å². The summed E-state index contributed by atoms with van der Waals surface area (Å²) in [6, 6.07) is 32.5. The molecule has 0 radical (unpaired) electrons. The summed E-state index contributed by atoms with van der Waals surface area (Å²) >= 11 is 23.3. The molecule has 0 bridgehead atoms. The number of aryl methyl sites for hydroxylation is 4. The van der Waals surface area contributed by atoms with Crippen molar-refractivity contribution in [1.82, 2.24) is 97.3 Å². The second kappa shape index (κ2) is 36.7. The molecule has 125 heavy (non-hydrogen) atoms. The molecular weight excluding hydrogens is 1990 g/mol. The maximum atomic E-state index is 13.8. The highest BCUT2D eigenvalue weighted by atomic mass is 127. The fraction of sp³-hybridized carbons (Fsp3) is 0.273. The van der Waals surface area contributed by atoms with E-state index in [1.807, 2.05) is 194 Å². The molecular formula is C88H87Cl3I3N27O4. The molecule has 20 rings (SSSR count). The van der Waals surface area contributed by atoms with Crippen LogP contribution in [0.15, 0.2) is 191 Å². The van der Waals surface area contributed by atoms with Crippen molar-refractivity contribution < 1.29 is 0 Å². The Bertz CT molecular complexity index is 6590. The Hall–Kier alpha value is -11.3. The molecule has 0 amide bonds. The average molecular weight is 2070 g/mol. The van der Waals surface area contributed by atoms with Crippen molar-refractivity contribution >= 4 is 181 Å². The van der Waals surface area contributed by atoms with Crippen LogP contribution in [0.25, 0.3) is 87.6 Å². The van der Waals surface area contributed by atoms with Gasteiger partial charge in [-0.05, 0) is 238 Å². The van der Waals surface area contributed by atoms with Gasteiger partial charge in [0, 0.05) is 147 Å². The molecule has 4 aliphatic rings. The van der Waals surface area contributed by atoms with Crippen LogP contribution in [-0.2, 0) is 28.2 Å². The number of nitrogens with two attached hydrogens (primary N) is 4. The fourth-order valence-electron chi connectivity index (χ4n) is 15.6. The summed E-state index contributed by atoms with van der Waals surface area (Å²) in [5.74, 6) is 2.14. The van der Waals surface area contributed by atoms with Gasteiger partial charge in [-0.2, -0.15) is 35.3 Å². The second-order valence-corrected chi connectivity index (χ2v) is 36.1. The van der Waals surface area contributed by atoms with Crippen molar-refractivity contribution in [3.8, 4) is 44.5 Å². The number of benzene rings is 4. The molecule has 12 heterocycles. The summed E-state index contributed by atoms with van der Waals surface area (Å²) < 4.78 is 17.3. The molecule has 16 aromatic rings. The minimum absolute atomic E-state index is 0.0123. The minimum Gasteiger partial charge on any atom is -0.394 e. The third-order valence-electron chi connectivity index (χ3n) is 22.0. The van der Waals surface area contributed by atoms with Gasteiger partial charge in [-0.3, -0.25) is 37.9 Å². The first-order chi connectivity index (χ1) is 60.0. The molecule has 0 spiro atoms. The van der Waals surface area contributed by atoms with Crippen molar-refractivity contribution in [3.63, 3.8) is 0 Å². The van der Waals surface area contributed by atoms with Crippen LogP contribution in [0.1, 0.15) is 150 Å². The summed E-state index contributed by atoms with van der Waals surface area (Å²) in [6.45, 7) is 8.00. The van der Waals surface area contributed by atoms with E-state index in [1.54, 1.807) is 62.1 Å². The van der Waals surface area contributed by atoms with Crippen LogP contribution in [0.4, 0.5) is 35.0 Å². The number of hydrogen-bond donors (Lipinski definition) is 7. The fourth-order valence-corrected chi connectivity index (χ4v) is 17.1. The SMILES string of the molecule is C[C@H](N)c1cc2cccc(-c3cnn(C)c3)c2c(=O)n1C1CC1.C[C@H](Nc1nc(Cl)ncc1I)c1cc2cccc(-c3cnn(C)c3)c2c(=O)n1C1CC1.C[C@H](Nc1nc(N)ncc1I)c1cc2cccc(-c3cnn(C)c3)c2c(=O)n1C1CC1.C[C@H](Nc1nc(N)ncc1N)c1cc2cccc(-c3cnn(C)c3)c2c(=O)n1C1CC1.Clc1ncc(I)c(Cl)n1. The number of rotatable bonds is 18. The van der Waals surface area contributed by atoms with E-state index >= 15 is 0 Å². The molecule has 31 nitrogen and oxygen atoms in total. The topological polar surface area (TPSA) is 403 Å². The summed E-state index contributed by atoms with van der Waals surface area (Å²) in [5, 5.41) is 34.6. The van der Waals surface area contributed by atoms with Gasteiger partial charge in [-0.25, -0.2) is 24.9 Å². The van der Waals surface area contributed by atoms with Crippen LogP contribution in [0.2, 0.25) is 15.7 Å². The van der Waals surface area contributed by atoms with Gasteiger partial charge in [-0.15, -0.1) is 0 Å². The van der Waals surface area contributed by atoms with Crippen LogP contribution < -0.4 is 61.1 Å². The van der Waals surface area contributed by atoms with Gasteiger partial charge in [0.1, 0.15) is 16.8 Å². The molecule has 4 aliphatic carbocycles. The highest BCUT2D eigenvalue weighted by Gasteiger charge is 2.35. The smallest absolute Gasteiger partial charge is 0.259 e. The van der Waals surface area contributed by atoms with E-state index in [0.29, 0.717) is 39.7 Å². The van der Waals surface area contributed by atoms with Gasteiger partial charge < -0.3 is 57.2 Å². The molecule has 12 aromatic heterocycles. The number of pyridine rings is 4. The third-order valence-corrected chi connectivity index (χ3v) is 25.3. The Kier molecular flexibility index (Phi) is 25.6. The highest BCUT2D eigenvalue weighted by Crippen LogP contribution is 2.44. The Morgan fingerprint density at radius 3 is 0.976 bits per heavy atom. The Labute approximate surface area is 772 Å². The number of hydrogen-bond acceptors (Lipinski definition) is 23. The first-order valence-corrected chi connectivity index (χ1v) is 44.8. The maximum absolute atomic E-state index is 13.8. The van der Waals surface area contributed by atoms with Crippen LogP contribution in [0.3, 0.4) is 0 Å². The van der Waals surface area contributed by atoms with Gasteiger partial charge in [0.2, 0.25) is 22.5 Å². The van der Waals surface area contributed by atoms with Crippen molar-refractivity contribution in [2.75, 3.05) is 33.2 Å². The van der Waals surface area contributed by atoms with Gasteiger partial charge in [0.25, 0.3) is 22.2 Å². The number of nitrogen functional groups attached to an aromatic ring is 3. The van der Waals surface area contributed by atoms with E-state index in [2.05, 4.69) is 146 Å². The zero-order valence-electron chi connectivity index (χ0n) is 69.1. The molecule has 0 unspecified atom stereocenters. The van der Waals surface area contributed by atoms with E-state index in [1.165, 1.54) is 6.20 Å². The lowest BCUT2D eigenvalue weighted by molar-refractivity contribution is 0.620. The van der Waals surface area contributed by atoms with Gasteiger partial charge in [0.05, 0.1) is 87.1 Å². The normalized spacial score (nSPS) is 14.6. The Morgan fingerprint density at radius 1 is 0.376 bits per heavy atom. The zero-order chi connectivity index (χ0) is 88.1. The molecule has 11 N–H and O–H groups in total. The summed E-state index contributed by atoms with van der Waals surface area (Å²) in [5.41, 5.74) is 35.3. The van der Waals surface area contributed by atoms with Crippen molar-refractivity contribution in [1.29, 1.82) is 0 Å². The number of anilines is 6. The van der Waals surface area contributed by atoms with Gasteiger partial charge in [-0.1, -0.05) is 84.4 Å². The lowest BCUT2D eigenvalue weighted by Crippen LogP contribution is -2.26. The lowest BCUT2D eigenvalue weighted by atomic mass is 10.00. The number of nitrogens with one attached hydrogen (secondary N) is 3. The Balaban J connectivity index is 0.000000119. The molecule has 37 heteroatoms. The van der Waals surface area contributed by atoms with Crippen LogP contribution >= 0.6 is 103 Å². The molecule has 4 atom stereocenters. The van der Waals surface area contributed by atoms with Crippen molar-refractivity contribution in [3.05, 3.63) is 262 Å². The monoisotopic (exact) mass is 2070 g/mol. The number of halogens is 6. The molecule has 0 aliphatic heterocycles. The quantitative estimate of drug-likeness (QED) is 0.0238. The zero-order valence-corrected chi connectivity index (χ0v) is 77.8. The summed E-state index contributed by atoms with van der Waals surface area (Å²) in [6.07, 6.45) is 29.5. The molecule has 640 valence electrons. The average Bonchev–Trinajstić information content (AvgIpc) is 1.65. The molecule has 4 aromatic carbocycles. The first-order valence-electron chi connectivity index (χ1n) is 40.4. The molecule has 4 fully saturated rings. The van der Waals surface area contributed by atoms with E-state index in [4.69, 9.17) is 57.7 Å². The second-order valence-electron chi connectivity index (χ2n) is 31.5. The van der Waals surface area contributed by atoms with E-state index in [9.17, 15) is 19.2 Å². The summed E-state index contributed by atoms with van der Waals surface area (Å²) in [4.78, 5) is 86.7. The maximum Gasteiger partial charge on any atom is 0.259 e. The Morgan fingerprint density at radius 2 is 0.664 bits per heavy atom. The predicted molar refractivity (Wildman–Crippen MR) is 518 cm³/mol. The van der Waals surface area contributed by atoms with Gasteiger partial charge in [0.15, 0.2) is 5.82 Å². The van der Waals surface area contributed by atoms with Crippen molar-refractivity contribution in [2.24, 2.45) is 33.9 Å². The largest absolute Gasteiger partial charge is 0.394 e. The standard InChI is InChI=1S/C22H20ClIN6O.C22H22IN7O.C22H24N8O.C18H20N4O.C4HCl2IN2/c1-12(27-20-17(24)10-25-22(23)28-20)18-8-13-4-3-5-16(14-9-26-29(2)11-14)19(13)21(31)30(18)15-6-7-15;2*1-12(27-20-17(23)10-25-22(24)28-20)18-8-13-4-3-5-16(14-9-26-29(2)11-14)19(13)21(31)30(18)15-6-7-15;1-11(19)16-8-12-4-3-5-15(13-9-20-21(2)10-13)17(12)18(23)22(16)14-6-7-14;5-3-2(7)1-8-4(6)9-3/h3-5,8-12,15H,6-7H2,1-2H3,(H,25,27,28);3-5,8-12,15H,6-7H2,1-2H3,(H3,24,25,27,28);3-5,8-12,15H,6-7,23H2,1-2H3,(H3,24,25,27,28);3-5,8-11,14H,6-7,19H2,1-2H3;1H/t3*12-;11-;/m0000./s1. The lowest BCUT2D eigenvalue weighted by Gasteiger charge is -2.22. The molecule has 4 saturated carbocycles. The molecule has 0 saturated heterocycles. The van der Waals surface area contributed by atoms with E-state index in [-0.39, 0.29) is 87.0 Å². The predicted octanol–water partition coefficient (Wildman–Crippen LogP) is 16.9. The highest BCUT2D eigenvalue weighted by molar-refractivity contribution is 14.1. The van der Waals surface area contributed by atoms with Crippen LogP contribution in [-0.4, -0.2) is 97.3 Å². The first kappa shape index (κ1) is 87.2. The van der Waals surface area contributed by atoms with Crippen LogP contribution in [0.5, 0.6) is 0 Å². The van der Waals surface area contributed by atoms with E-state index in [0.717, 1.165) is 167 Å². The van der Waals surface area contributed by atoms with Gasteiger partial charge >= 0.3 is 0 Å².